The zero-order chi connectivity index (χ0) is 12.9. The minimum atomic E-state index is -3.14. The fourth-order valence-corrected chi connectivity index (χ4v) is 3.78. The van der Waals surface area contributed by atoms with Crippen LogP contribution in [0.5, 0.6) is 0 Å². The Bertz CT molecular complexity index is 784. The quantitative estimate of drug-likeness (QED) is 0.832. The second-order valence-electron chi connectivity index (χ2n) is 4.53. The Morgan fingerprint density at radius 1 is 1.22 bits per heavy atom. The molecule has 5 nitrogen and oxygen atoms in total. The molecule has 0 atom stereocenters. The second-order valence-corrected chi connectivity index (χ2v) is 6.59. The first kappa shape index (κ1) is 11.3. The lowest BCUT2D eigenvalue weighted by Gasteiger charge is -2.05. The van der Waals surface area contributed by atoms with Crippen LogP contribution in [0, 0.1) is 6.92 Å². The Labute approximate surface area is 104 Å². The van der Waals surface area contributed by atoms with Gasteiger partial charge < -0.3 is 0 Å². The molecule has 1 N–H and O–H groups in total. The molecule has 0 spiro atoms. The largest absolute Gasteiger partial charge is 0.294 e. The highest BCUT2D eigenvalue weighted by atomic mass is 32.2. The molecule has 94 valence electrons. The number of fused-ring (bicyclic) bond motifs is 1. The van der Waals surface area contributed by atoms with Crippen LogP contribution in [0.2, 0.25) is 0 Å². The predicted molar refractivity (Wildman–Crippen MR) is 67.5 cm³/mol. The van der Waals surface area contributed by atoms with Gasteiger partial charge in [-0.1, -0.05) is 18.2 Å². The van der Waals surface area contributed by atoms with E-state index in [0.717, 1.165) is 11.3 Å². The number of nitrogens with one attached hydrogen (secondary N) is 1. The summed E-state index contributed by atoms with van der Waals surface area (Å²) in [6.07, 6.45) is 0. The normalized spacial score (nSPS) is 16.7. The van der Waals surface area contributed by atoms with E-state index in [1.54, 1.807) is 0 Å². The van der Waals surface area contributed by atoms with E-state index in [2.05, 4.69) is 5.10 Å². The molecule has 0 bridgehead atoms. The average molecular weight is 264 g/mol. The summed E-state index contributed by atoms with van der Waals surface area (Å²) in [4.78, 5) is 12.2. The maximum absolute atomic E-state index is 12.2. The predicted octanol–water partition coefficient (Wildman–Crippen LogP) is 0.902. The summed E-state index contributed by atoms with van der Waals surface area (Å²) in [5, 5.41) is 2.90. The van der Waals surface area contributed by atoms with Gasteiger partial charge in [0.1, 0.15) is 0 Å². The number of H-pyrrole nitrogens is 1. The van der Waals surface area contributed by atoms with Crippen molar-refractivity contribution in [1.82, 2.24) is 9.78 Å². The lowest BCUT2D eigenvalue weighted by Crippen LogP contribution is -2.19. The maximum atomic E-state index is 12.2. The van der Waals surface area contributed by atoms with Crippen LogP contribution in [-0.4, -0.2) is 18.2 Å². The van der Waals surface area contributed by atoms with Crippen LogP contribution in [0.25, 0.3) is 5.69 Å². The van der Waals surface area contributed by atoms with Crippen LogP contribution in [0.4, 0.5) is 0 Å². The third kappa shape index (κ3) is 1.60. The van der Waals surface area contributed by atoms with Crippen molar-refractivity contribution in [3.63, 3.8) is 0 Å². The van der Waals surface area contributed by atoms with Crippen LogP contribution < -0.4 is 5.56 Å². The Kier molecular flexibility index (Phi) is 2.25. The van der Waals surface area contributed by atoms with Gasteiger partial charge in [0.05, 0.1) is 28.5 Å². The summed E-state index contributed by atoms with van der Waals surface area (Å²) in [5.41, 5.74) is 2.35. The van der Waals surface area contributed by atoms with E-state index >= 15 is 0 Å². The summed E-state index contributed by atoms with van der Waals surface area (Å²) in [5.74, 6) is -0.229. The second kappa shape index (κ2) is 3.58. The van der Waals surface area contributed by atoms with Crippen molar-refractivity contribution >= 4 is 9.84 Å². The molecule has 1 aliphatic rings. The Balaban J connectivity index is 2.20. The molecule has 3 rings (SSSR count). The Morgan fingerprint density at radius 3 is 2.61 bits per heavy atom. The SMILES string of the molecule is Cc1ccccc1-n1[nH]c2c(c1=O)CS(=O)(=O)C2. The molecule has 0 saturated carbocycles. The molecule has 0 amide bonds. The minimum Gasteiger partial charge on any atom is -0.294 e. The molecule has 0 aliphatic carbocycles. The minimum absolute atomic E-state index is 0.0730. The Morgan fingerprint density at radius 2 is 1.94 bits per heavy atom. The zero-order valence-corrected chi connectivity index (χ0v) is 10.6. The first-order valence-corrected chi connectivity index (χ1v) is 7.39. The number of aryl methyl sites for hydroxylation is 1. The number of benzene rings is 1. The summed E-state index contributed by atoms with van der Waals surface area (Å²) in [6, 6.07) is 7.48. The fourth-order valence-electron chi connectivity index (χ4n) is 2.26. The van der Waals surface area contributed by atoms with Crippen molar-refractivity contribution in [3.8, 4) is 5.69 Å². The summed E-state index contributed by atoms with van der Waals surface area (Å²) < 4.78 is 24.3. The van der Waals surface area contributed by atoms with E-state index < -0.39 is 9.84 Å². The van der Waals surface area contributed by atoms with Gasteiger partial charge in [-0.3, -0.25) is 9.89 Å². The summed E-state index contributed by atoms with van der Waals surface area (Å²) >= 11 is 0. The van der Waals surface area contributed by atoms with Crippen LogP contribution in [-0.2, 0) is 21.3 Å². The summed E-state index contributed by atoms with van der Waals surface area (Å²) in [7, 11) is -3.14. The van der Waals surface area contributed by atoms with Gasteiger partial charge in [-0.15, -0.1) is 0 Å². The van der Waals surface area contributed by atoms with Crippen LogP contribution in [0.3, 0.4) is 0 Å². The molecule has 18 heavy (non-hydrogen) atoms. The summed E-state index contributed by atoms with van der Waals surface area (Å²) in [6.45, 7) is 1.91. The Hall–Kier alpha value is -1.82. The molecule has 0 unspecified atom stereocenters. The van der Waals surface area contributed by atoms with E-state index in [9.17, 15) is 13.2 Å². The number of sulfone groups is 1. The topological polar surface area (TPSA) is 71.9 Å². The molecule has 1 aromatic heterocycles. The molecular formula is C12H12N2O3S. The van der Waals surface area contributed by atoms with Crippen molar-refractivity contribution in [1.29, 1.82) is 0 Å². The lowest BCUT2D eigenvalue weighted by molar-refractivity contribution is 0.596. The molecule has 2 heterocycles. The van der Waals surface area contributed by atoms with Crippen LogP contribution in [0.1, 0.15) is 16.8 Å². The van der Waals surface area contributed by atoms with E-state index in [1.165, 1.54) is 4.68 Å². The number of nitrogens with zero attached hydrogens (tertiary/aromatic N) is 1. The molecular weight excluding hydrogens is 252 g/mol. The molecule has 0 saturated heterocycles. The van der Waals surface area contributed by atoms with Gasteiger partial charge in [-0.2, -0.15) is 0 Å². The van der Waals surface area contributed by atoms with Gasteiger partial charge in [0, 0.05) is 0 Å². The van der Waals surface area contributed by atoms with Gasteiger partial charge in [0.15, 0.2) is 9.84 Å². The third-order valence-corrected chi connectivity index (χ3v) is 4.61. The van der Waals surface area contributed by atoms with Crippen molar-refractivity contribution in [3.05, 3.63) is 51.4 Å². The monoisotopic (exact) mass is 264 g/mol. The molecule has 6 heteroatoms. The van der Waals surface area contributed by atoms with Crippen molar-refractivity contribution in [2.24, 2.45) is 0 Å². The van der Waals surface area contributed by atoms with E-state index in [1.807, 2.05) is 31.2 Å². The maximum Gasteiger partial charge on any atom is 0.275 e. The van der Waals surface area contributed by atoms with E-state index in [-0.39, 0.29) is 17.1 Å². The van der Waals surface area contributed by atoms with Gasteiger partial charge in [-0.25, -0.2) is 13.1 Å². The third-order valence-electron chi connectivity index (χ3n) is 3.16. The van der Waals surface area contributed by atoms with Crippen molar-refractivity contribution in [2.45, 2.75) is 18.4 Å². The van der Waals surface area contributed by atoms with Gasteiger partial charge >= 0.3 is 0 Å². The fraction of sp³-hybridized carbons (Fsp3) is 0.250. The average Bonchev–Trinajstić information content (AvgIpc) is 2.74. The van der Waals surface area contributed by atoms with Gasteiger partial charge in [-0.05, 0) is 18.6 Å². The van der Waals surface area contributed by atoms with Crippen molar-refractivity contribution in [2.75, 3.05) is 0 Å². The highest BCUT2D eigenvalue weighted by molar-refractivity contribution is 7.90. The first-order chi connectivity index (χ1) is 8.48. The number of rotatable bonds is 1. The van der Waals surface area contributed by atoms with E-state index in [0.29, 0.717) is 11.3 Å². The number of hydrogen-bond acceptors (Lipinski definition) is 3. The first-order valence-electron chi connectivity index (χ1n) is 5.57. The number of aromatic amines is 1. The number of para-hydroxylation sites is 1. The van der Waals surface area contributed by atoms with E-state index in [4.69, 9.17) is 0 Å². The lowest BCUT2D eigenvalue weighted by atomic mass is 10.2. The smallest absolute Gasteiger partial charge is 0.275 e. The van der Waals surface area contributed by atoms with Crippen LogP contribution in [0.15, 0.2) is 29.1 Å². The standard InChI is InChI=1S/C12H12N2O3S/c1-8-4-2-3-5-11(8)14-12(15)9-6-18(16,17)7-10(9)13-14/h2-5,13H,6-7H2,1H3. The molecule has 1 aliphatic heterocycles. The molecule has 0 radical (unpaired) electrons. The number of hydrogen-bond donors (Lipinski definition) is 1. The number of aromatic nitrogens is 2. The van der Waals surface area contributed by atoms with Gasteiger partial charge in [0.2, 0.25) is 0 Å². The zero-order valence-electron chi connectivity index (χ0n) is 9.80. The van der Waals surface area contributed by atoms with Crippen molar-refractivity contribution < 1.29 is 8.42 Å². The van der Waals surface area contributed by atoms with Gasteiger partial charge in [0.25, 0.3) is 5.56 Å². The molecule has 2 aromatic rings. The van der Waals surface area contributed by atoms with Crippen LogP contribution >= 0.6 is 0 Å². The molecule has 1 aromatic carbocycles. The highest BCUT2D eigenvalue weighted by Gasteiger charge is 2.30. The molecule has 0 fully saturated rings. The highest BCUT2D eigenvalue weighted by Crippen LogP contribution is 2.22.